The molecule has 1 amide bonds. The molecule has 0 unspecified atom stereocenters. The van der Waals surface area contributed by atoms with Crippen molar-refractivity contribution in [3.05, 3.63) is 76.8 Å². The summed E-state index contributed by atoms with van der Waals surface area (Å²) in [5.74, 6) is -0.510. The number of amides is 1. The zero-order valence-electron chi connectivity index (χ0n) is 15.4. The molecule has 28 heavy (non-hydrogen) atoms. The van der Waals surface area contributed by atoms with Crippen LogP contribution in [0.4, 0.5) is 5.69 Å². The van der Waals surface area contributed by atoms with Crippen molar-refractivity contribution in [1.82, 2.24) is 0 Å². The van der Waals surface area contributed by atoms with Gasteiger partial charge in [0.25, 0.3) is 0 Å². The average molecular weight is 394 g/mol. The number of carbonyl (C=O) groups is 1. The third-order valence-electron chi connectivity index (χ3n) is 5.43. The molecule has 0 aliphatic heterocycles. The molecule has 5 heteroatoms. The van der Waals surface area contributed by atoms with Crippen molar-refractivity contribution in [2.45, 2.75) is 25.2 Å². The Labute approximate surface area is 168 Å². The lowest BCUT2D eigenvalue weighted by molar-refractivity contribution is -0.118. The number of carbonyl (C=O) groups excluding carboxylic acids is 1. The van der Waals surface area contributed by atoms with Gasteiger partial charge in [-0.05, 0) is 72.4 Å². The van der Waals surface area contributed by atoms with Crippen molar-refractivity contribution in [3.63, 3.8) is 0 Å². The first-order valence-electron chi connectivity index (χ1n) is 9.10. The topological polar surface area (TPSA) is 69.6 Å². The van der Waals surface area contributed by atoms with Gasteiger partial charge in [-0.1, -0.05) is 41.9 Å². The Morgan fingerprint density at radius 3 is 2.43 bits per heavy atom. The van der Waals surface area contributed by atoms with Crippen LogP contribution in [0.15, 0.2) is 60.7 Å². The molecule has 142 valence electrons. The molecule has 1 aliphatic carbocycles. The van der Waals surface area contributed by atoms with Crippen LogP contribution < -0.4 is 5.32 Å². The van der Waals surface area contributed by atoms with Crippen molar-refractivity contribution >= 4 is 23.2 Å². The second-order valence-electron chi connectivity index (χ2n) is 7.23. The standard InChI is InChI=1S/C23H20ClNO3/c1-14-18(15-4-2-5-17(24)12-15)6-3-7-19(14)25-22(28)23(10-11-23)16-8-9-20(26)21(27)13-16/h2-9,12-13,26-27H,10-11H2,1H3,(H,25,28). The number of aromatic hydroxyl groups is 2. The molecule has 1 saturated carbocycles. The van der Waals surface area contributed by atoms with Crippen LogP contribution in [0.25, 0.3) is 11.1 Å². The van der Waals surface area contributed by atoms with Crippen molar-refractivity contribution in [2.24, 2.45) is 0 Å². The Balaban J connectivity index is 1.63. The fourth-order valence-corrected chi connectivity index (χ4v) is 3.76. The molecule has 0 saturated heterocycles. The van der Waals surface area contributed by atoms with E-state index in [2.05, 4.69) is 5.32 Å². The van der Waals surface area contributed by atoms with Crippen LogP contribution in [0, 0.1) is 6.92 Å². The highest BCUT2D eigenvalue weighted by Crippen LogP contribution is 2.50. The van der Waals surface area contributed by atoms with Crippen LogP contribution >= 0.6 is 11.6 Å². The first-order chi connectivity index (χ1) is 13.4. The van der Waals surface area contributed by atoms with E-state index in [1.54, 1.807) is 6.07 Å². The summed E-state index contributed by atoms with van der Waals surface area (Å²) in [6.07, 6.45) is 1.41. The molecule has 0 radical (unpaired) electrons. The second-order valence-corrected chi connectivity index (χ2v) is 7.66. The van der Waals surface area contributed by atoms with Crippen molar-refractivity contribution in [2.75, 3.05) is 5.32 Å². The minimum absolute atomic E-state index is 0.107. The molecule has 3 aromatic rings. The molecule has 4 rings (SSSR count). The number of nitrogens with one attached hydrogen (secondary N) is 1. The van der Waals surface area contributed by atoms with Gasteiger partial charge in [0.15, 0.2) is 11.5 Å². The molecular formula is C23H20ClNO3. The van der Waals surface area contributed by atoms with Crippen molar-refractivity contribution < 1.29 is 15.0 Å². The van der Waals surface area contributed by atoms with E-state index in [0.29, 0.717) is 23.4 Å². The summed E-state index contributed by atoms with van der Waals surface area (Å²) in [7, 11) is 0. The van der Waals surface area contributed by atoms with Crippen LogP contribution in [0.3, 0.4) is 0 Å². The molecule has 0 spiro atoms. The molecule has 0 atom stereocenters. The lowest BCUT2D eigenvalue weighted by Crippen LogP contribution is -2.28. The molecular weight excluding hydrogens is 374 g/mol. The number of phenolic OH excluding ortho intramolecular Hbond substituents is 2. The van der Waals surface area contributed by atoms with Crippen LogP contribution in [-0.2, 0) is 10.2 Å². The third-order valence-corrected chi connectivity index (χ3v) is 5.67. The first-order valence-corrected chi connectivity index (χ1v) is 9.48. The minimum atomic E-state index is -0.663. The van der Waals surface area contributed by atoms with Gasteiger partial charge in [-0.2, -0.15) is 0 Å². The largest absolute Gasteiger partial charge is 0.504 e. The Kier molecular flexibility index (Phi) is 4.52. The smallest absolute Gasteiger partial charge is 0.235 e. The van der Waals surface area contributed by atoms with E-state index < -0.39 is 5.41 Å². The number of anilines is 1. The Morgan fingerprint density at radius 2 is 1.75 bits per heavy atom. The van der Waals surface area contributed by atoms with Gasteiger partial charge in [0.2, 0.25) is 5.91 Å². The highest BCUT2D eigenvalue weighted by molar-refractivity contribution is 6.30. The molecule has 4 nitrogen and oxygen atoms in total. The molecule has 0 aromatic heterocycles. The SMILES string of the molecule is Cc1c(NC(=O)C2(c3ccc(O)c(O)c3)CC2)cccc1-c1cccc(Cl)c1. The lowest BCUT2D eigenvalue weighted by Gasteiger charge is -2.19. The molecule has 1 aliphatic rings. The van der Waals surface area contributed by atoms with E-state index in [0.717, 1.165) is 22.4 Å². The van der Waals surface area contributed by atoms with Gasteiger partial charge >= 0.3 is 0 Å². The fraction of sp³-hybridized carbons (Fsp3) is 0.174. The Hall–Kier alpha value is -2.98. The summed E-state index contributed by atoms with van der Waals surface area (Å²) in [5, 5.41) is 23.1. The average Bonchev–Trinajstić information content (AvgIpc) is 3.48. The van der Waals surface area contributed by atoms with Gasteiger partial charge < -0.3 is 15.5 Å². The van der Waals surface area contributed by atoms with E-state index in [1.165, 1.54) is 12.1 Å². The number of hydrogen-bond donors (Lipinski definition) is 3. The van der Waals surface area contributed by atoms with Gasteiger partial charge in [-0.15, -0.1) is 0 Å². The maximum atomic E-state index is 13.1. The quantitative estimate of drug-likeness (QED) is 0.520. The normalized spacial score (nSPS) is 14.5. The summed E-state index contributed by atoms with van der Waals surface area (Å²) in [4.78, 5) is 13.1. The Bertz CT molecular complexity index is 1070. The van der Waals surface area contributed by atoms with E-state index in [1.807, 2.05) is 49.4 Å². The maximum Gasteiger partial charge on any atom is 0.235 e. The summed E-state index contributed by atoms with van der Waals surface area (Å²) < 4.78 is 0. The van der Waals surface area contributed by atoms with E-state index in [-0.39, 0.29) is 17.4 Å². The van der Waals surface area contributed by atoms with Gasteiger partial charge in [0.05, 0.1) is 5.41 Å². The summed E-state index contributed by atoms with van der Waals surface area (Å²) in [5.41, 5.74) is 3.75. The van der Waals surface area contributed by atoms with Gasteiger partial charge in [-0.3, -0.25) is 4.79 Å². The molecule has 3 aromatic carbocycles. The zero-order valence-corrected chi connectivity index (χ0v) is 16.1. The number of hydrogen-bond acceptors (Lipinski definition) is 3. The number of rotatable bonds is 4. The highest BCUT2D eigenvalue weighted by atomic mass is 35.5. The second kappa shape index (κ2) is 6.88. The van der Waals surface area contributed by atoms with Crippen LogP contribution in [0.1, 0.15) is 24.0 Å². The van der Waals surface area contributed by atoms with E-state index >= 15 is 0 Å². The zero-order chi connectivity index (χ0) is 19.9. The Morgan fingerprint density at radius 1 is 1.00 bits per heavy atom. The highest BCUT2D eigenvalue weighted by Gasteiger charge is 2.51. The summed E-state index contributed by atoms with van der Waals surface area (Å²) in [6, 6.07) is 18.0. The van der Waals surface area contributed by atoms with E-state index in [9.17, 15) is 15.0 Å². The first kappa shape index (κ1) is 18.4. The van der Waals surface area contributed by atoms with E-state index in [4.69, 9.17) is 11.6 Å². The van der Waals surface area contributed by atoms with Crippen molar-refractivity contribution in [3.8, 4) is 22.6 Å². The lowest BCUT2D eigenvalue weighted by atomic mass is 9.93. The molecule has 0 heterocycles. The van der Waals surface area contributed by atoms with Crippen LogP contribution in [0.2, 0.25) is 5.02 Å². The molecule has 1 fully saturated rings. The summed E-state index contributed by atoms with van der Waals surface area (Å²) >= 11 is 6.12. The number of phenols is 2. The number of halogens is 1. The van der Waals surface area contributed by atoms with Gasteiger partial charge in [-0.25, -0.2) is 0 Å². The minimum Gasteiger partial charge on any atom is -0.504 e. The summed E-state index contributed by atoms with van der Waals surface area (Å²) in [6.45, 7) is 1.97. The van der Waals surface area contributed by atoms with Crippen LogP contribution in [0.5, 0.6) is 11.5 Å². The predicted octanol–water partition coefficient (Wildman–Crippen LogP) is 5.40. The van der Waals surface area contributed by atoms with Crippen molar-refractivity contribution in [1.29, 1.82) is 0 Å². The maximum absolute atomic E-state index is 13.1. The number of benzene rings is 3. The monoisotopic (exact) mass is 393 g/mol. The van der Waals surface area contributed by atoms with Gasteiger partial charge in [0.1, 0.15) is 0 Å². The molecule has 0 bridgehead atoms. The predicted molar refractivity (Wildman–Crippen MR) is 111 cm³/mol. The third kappa shape index (κ3) is 3.20. The van der Waals surface area contributed by atoms with Gasteiger partial charge in [0, 0.05) is 10.7 Å². The van der Waals surface area contributed by atoms with Crippen LogP contribution in [-0.4, -0.2) is 16.1 Å². The fourth-order valence-electron chi connectivity index (χ4n) is 3.57. The molecule has 3 N–H and O–H groups in total.